The average Bonchev–Trinajstić information content (AvgIpc) is 2.42. The van der Waals surface area contributed by atoms with Gasteiger partial charge in [0.15, 0.2) is 0 Å². The van der Waals surface area contributed by atoms with Crippen molar-refractivity contribution >= 4 is 12.0 Å². The molecule has 0 fully saturated rings. The molecule has 0 heterocycles. The third kappa shape index (κ3) is 4.62. The molecular formula is C14H20N2O3. The van der Waals surface area contributed by atoms with Gasteiger partial charge in [0, 0.05) is 6.54 Å². The van der Waals surface area contributed by atoms with E-state index in [4.69, 9.17) is 5.11 Å². The second-order valence-electron chi connectivity index (χ2n) is 4.25. The molecule has 0 saturated carbocycles. The summed E-state index contributed by atoms with van der Waals surface area (Å²) in [6.07, 6.45) is 1.25. The number of carbonyl (C=O) groups excluding carboxylic acids is 1. The van der Waals surface area contributed by atoms with Crippen LogP contribution in [0.4, 0.5) is 4.79 Å². The van der Waals surface area contributed by atoms with E-state index < -0.39 is 18.0 Å². The molecule has 0 saturated heterocycles. The summed E-state index contributed by atoms with van der Waals surface area (Å²) in [5.74, 6) is -1.02. The van der Waals surface area contributed by atoms with Gasteiger partial charge in [0.05, 0.1) is 0 Å². The Morgan fingerprint density at radius 3 is 2.37 bits per heavy atom. The summed E-state index contributed by atoms with van der Waals surface area (Å²) in [5.41, 5.74) is 2.22. The Morgan fingerprint density at radius 1 is 1.21 bits per heavy atom. The molecule has 0 spiro atoms. The minimum atomic E-state index is -1.02. The number of rotatable bonds is 6. The van der Waals surface area contributed by atoms with E-state index in [9.17, 15) is 9.59 Å². The number of carbonyl (C=O) groups is 2. The van der Waals surface area contributed by atoms with Crippen molar-refractivity contribution in [1.29, 1.82) is 0 Å². The monoisotopic (exact) mass is 264 g/mol. The Morgan fingerprint density at radius 2 is 1.84 bits per heavy atom. The summed E-state index contributed by atoms with van der Waals surface area (Å²) in [6, 6.07) is 6.54. The van der Waals surface area contributed by atoms with E-state index in [0.29, 0.717) is 13.0 Å². The molecule has 1 rings (SSSR count). The number of carboxylic acids is 1. The summed E-state index contributed by atoms with van der Waals surface area (Å²) in [7, 11) is 0. The SMILES string of the molecule is CCc1ccccc1CNC(=O)NC(CC)C(=O)O. The number of urea groups is 1. The molecule has 1 aromatic carbocycles. The zero-order valence-electron chi connectivity index (χ0n) is 11.3. The fourth-order valence-corrected chi connectivity index (χ4v) is 1.80. The maximum Gasteiger partial charge on any atom is 0.326 e. The molecule has 1 unspecified atom stereocenters. The molecule has 0 aliphatic heterocycles. The number of hydrogen-bond donors (Lipinski definition) is 3. The molecule has 0 aliphatic rings. The van der Waals surface area contributed by atoms with Crippen molar-refractivity contribution in [2.75, 3.05) is 0 Å². The van der Waals surface area contributed by atoms with Crippen molar-refractivity contribution < 1.29 is 14.7 Å². The Balaban J connectivity index is 2.52. The number of aliphatic carboxylic acids is 1. The minimum Gasteiger partial charge on any atom is -0.480 e. The van der Waals surface area contributed by atoms with E-state index in [-0.39, 0.29) is 0 Å². The van der Waals surface area contributed by atoms with Gasteiger partial charge in [-0.25, -0.2) is 9.59 Å². The fourth-order valence-electron chi connectivity index (χ4n) is 1.80. The van der Waals surface area contributed by atoms with Crippen molar-refractivity contribution in [2.24, 2.45) is 0 Å². The Kier molecular flexibility index (Phi) is 5.85. The summed E-state index contributed by atoms with van der Waals surface area (Å²) in [6.45, 7) is 4.16. The predicted octanol–water partition coefficient (Wildman–Crippen LogP) is 1.91. The Labute approximate surface area is 113 Å². The van der Waals surface area contributed by atoms with E-state index in [2.05, 4.69) is 17.6 Å². The van der Waals surface area contributed by atoms with Crippen LogP contribution in [-0.2, 0) is 17.8 Å². The highest BCUT2D eigenvalue weighted by Crippen LogP contribution is 2.08. The van der Waals surface area contributed by atoms with Gasteiger partial charge in [0.2, 0.25) is 0 Å². The molecule has 2 amide bonds. The number of carboxylic acid groups (broad SMARTS) is 1. The van der Waals surface area contributed by atoms with Crippen LogP contribution in [0.5, 0.6) is 0 Å². The molecule has 1 aromatic rings. The highest BCUT2D eigenvalue weighted by atomic mass is 16.4. The number of aryl methyl sites for hydroxylation is 1. The lowest BCUT2D eigenvalue weighted by Gasteiger charge is -2.14. The van der Waals surface area contributed by atoms with Crippen LogP contribution >= 0.6 is 0 Å². The molecule has 0 aliphatic carbocycles. The highest BCUT2D eigenvalue weighted by Gasteiger charge is 2.17. The lowest BCUT2D eigenvalue weighted by atomic mass is 10.1. The number of hydrogen-bond acceptors (Lipinski definition) is 2. The molecule has 3 N–H and O–H groups in total. The van der Waals surface area contributed by atoms with Crippen LogP contribution < -0.4 is 10.6 Å². The number of benzene rings is 1. The van der Waals surface area contributed by atoms with Gasteiger partial charge in [0.25, 0.3) is 0 Å². The van der Waals surface area contributed by atoms with E-state index in [0.717, 1.165) is 12.0 Å². The molecule has 19 heavy (non-hydrogen) atoms. The first-order valence-electron chi connectivity index (χ1n) is 6.42. The van der Waals surface area contributed by atoms with Crippen molar-refractivity contribution in [3.63, 3.8) is 0 Å². The summed E-state index contributed by atoms with van der Waals surface area (Å²) < 4.78 is 0. The van der Waals surface area contributed by atoms with Gasteiger partial charge < -0.3 is 15.7 Å². The van der Waals surface area contributed by atoms with Crippen molar-refractivity contribution in [2.45, 2.75) is 39.3 Å². The quantitative estimate of drug-likeness (QED) is 0.734. The fraction of sp³-hybridized carbons (Fsp3) is 0.429. The summed E-state index contributed by atoms with van der Waals surface area (Å²) in [4.78, 5) is 22.4. The molecule has 1 atom stereocenters. The first-order chi connectivity index (χ1) is 9.08. The molecular weight excluding hydrogens is 244 g/mol. The molecule has 0 radical (unpaired) electrons. The van der Waals surface area contributed by atoms with Gasteiger partial charge >= 0.3 is 12.0 Å². The van der Waals surface area contributed by atoms with Crippen LogP contribution in [0.25, 0.3) is 0 Å². The second kappa shape index (κ2) is 7.41. The first kappa shape index (κ1) is 15.0. The van der Waals surface area contributed by atoms with Crippen molar-refractivity contribution in [3.05, 3.63) is 35.4 Å². The number of nitrogens with one attached hydrogen (secondary N) is 2. The maximum absolute atomic E-state index is 11.6. The lowest BCUT2D eigenvalue weighted by molar-refractivity contribution is -0.139. The standard InChI is InChI=1S/C14H20N2O3/c1-3-10-7-5-6-8-11(10)9-15-14(19)16-12(4-2)13(17)18/h5-8,12H,3-4,9H2,1-2H3,(H,17,18)(H2,15,16,19). The smallest absolute Gasteiger partial charge is 0.326 e. The van der Waals surface area contributed by atoms with E-state index >= 15 is 0 Å². The highest BCUT2D eigenvalue weighted by molar-refractivity contribution is 5.82. The zero-order valence-corrected chi connectivity index (χ0v) is 11.3. The molecule has 0 aromatic heterocycles. The van der Waals surface area contributed by atoms with Crippen LogP contribution in [-0.4, -0.2) is 23.1 Å². The molecule has 0 bridgehead atoms. The van der Waals surface area contributed by atoms with Crippen molar-refractivity contribution in [3.8, 4) is 0 Å². The largest absolute Gasteiger partial charge is 0.480 e. The summed E-state index contributed by atoms with van der Waals surface area (Å²) >= 11 is 0. The predicted molar refractivity (Wildman–Crippen MR) is 72.9 cm³/mol. The third-order valence-corrected chi connectivity index (χ3v) is 2.95. The van der Waals surface area contributed by atoms with Gasteiger partial charge in [-0.3, -0.25) is 0 Å². The molecule has 104 valence electrons. The topological polar surface area (TPSA) is 78.4 Å². The average molecular weight is 264 g/mol. The maximum atomic E-state index is 11.6. The first-order valence-corrected chi connectivity index (χ1v) is 6.42. The van der Waals surface area contributed by atoms with Crippen LogP contribution in [0.1, 0.15) is 31.4 Å². The normalized spacial score (nSPS) is 11.7. The molecule has 5 nitrogen and oxygen atoms in total. The lowest BCUT2D eigenvalue weighted by Crippen LogP contribution is -2.45. The second-order valence-corrected chi connectivity index (χ2v) is 4.25. The van der Waals surface area contributed by atoms with Gasteiger partial charge in [-0.1, -0.05) is 38.1 Å². The minimum absolute atomic E-state index is 0.355. The van der Waals surface area contributed by atoms with Gasteiger partial charge in [-0.05, 0) is 24.0 Å². The van der Waals surface area contributed by atoms with Crippen LogP contribution in [0.2, 0.25) is 0 Å². The van der Waals surface area contributed by atoms with Crippen LogP contribution in [0.15, 0.2) is 24.3 Å². The Hall–Kier alpha value is -2.04. The van der Waals surface area contributed by atoms with Gasteiger partial charge in [-0.2, -0.15) is 0 Å². The van der Waals surface area contributed by atoms with Gasteiger partial charge in [0.1, 0.15) is 6.04 Å². The van der Waals surface area contributed by atoms with Crippen molar-refractivity contribution in [1.82, 2.24) is 10.6 Å². The number of amides is 2. The summed E-state index contributed by atoms with van der Waals surface area (Å²) in [5, 5.41) is 14.0. The van der Waals surface area contributed by atoms with E-state index in [1.165, 1.54) is 5.56 Å². The molecule has 5 heteroatoms. The Bertz CT molecular complexity index is 446. The van der Waals surface area contributed by atoms with Crippen LogP contribution in [0.3, 0.4) is 0 Å². The van der Waals surface area contributed by atoms with E-state index in [1.807, 2.05) is 24.3 Å². The zero-order chi connectivity index (χ0) is 14.3. The van der Waals surface area contributed by atoms with Crippen LogP contribution in [0, 0.1) is 0 Å². The third-order valence-electron chi connectivity index (χ3n) is 2.95. The van der Waals surface area contributed by atoms with Gasteiger partial charge in [-0.15, -0.1) is 0 Å². The van der Waals surface area contributed by atoms with E-state index in [1.54, 1.807) is 6.92 Å².